The summed E-state index contributed by atoms with van der Waals surface area (Å²) in [5, 5.41) is 35.1. The minimum absolute atomic E-state index is 0.708. The number of alkyl halides is 2. The Morgan fingerprint density at radius 2 is 1.64 bits per heavy atom. The van der Waals surface area contributed by atoms with Crippen molar-refractivity contribution in [2.45, 2.75) is 5.92 Å². The predicted molar refractivity (Wildman–Crippen MR) is 42.4 cm³/mol. The summed E-state index contributed by atoms with van der Waals surface area (Å²) in [5.74, 6) is -6.53. The lowest BCUT2D eigenvalue weighted by atomic mass is 10.1. The van der Waals surface area contributed by atoms with Crippen LogP contribution in [0.15, 0.2) is 12.1 Å². The second-order valence-electron chi connectivity index (χ2n) is 2.69. The Labute approximate surface area is 77.7 Å². The molecule has 1 aromatic carbocycles. The van der Waals surface area contributed by atoms with Gasteiger partial charge in [-0.15, -0.1) is 0 Å². The molecule has 0 heterocycles. The average Bonchev–Trinajstić information content (AvgIpc) is 2.14. The summed E-state index contributed by atoms with van der Waals surface area (Å²) in [7, 11) is 0. The fourth-order valence-electron chi connectivity index (χ4n) is 0.949. The quantitative estimate of drug-likeness (QED) is 0.541. The number of rotatable bonds is 2. The normalized spacial score (nSPS) is 11.6. The van der Waals surface area contributed by atoms with Crippen molar-refractivity contribution in [3.05, 3.63) is 17.7 Å². The van der Waals surface area contributed by atoms with Crippen LogP contribution < -0.4 is 0 Å². The Bertz CT molecular complexity index is 351. The van der Waals surface area contributed by atoms with Crippen LogP contribution in [0, 0.1) is 0 Å². The highest BCUT2D eigenvalue weighted by Crippen LogP contribution is 2.43. The fraction of sp³-hybridized carbons (Fsp3) is 0.250. The highest BCUT2D eigenvalue weighted by molar-refractivity contribution is 5.54. The lowest BCUT2D eigenvalue weighted by Gasteiger charge is -2.15. The average molecular weight is 206 g/mol. The van der Waals surface area contributed by atoms with E-state index in [4.69, 9.17) is 20.4 Å². The van der Waals surface area contributed by atoms with Gasteiger partial charge >= 0.3 is 0 Å². The van der Waals surface area contributed by atoms with Crippen LogP contribution in [0.4, 0.5) is 8.78 Å². The lowest BCUT2D eigenvalue weighted by molar-refractivity contribution is -0.0573. The van der Waals surface area contributed by atoms with E-state index in [2.05, 4.69) is 0 Å². The Morgan fingerprint density at radius 1 is 1.07 bits per heavy atom. The third kappa shape index (κ3) is 1.56. The van der Waals surface area contributed by atoms with Crippen molar-refractivity contribution in [1.82, 2.24) is 0 Å². The summed E-state index contributed by atoms with van der Waals surface area (Å²) < 4.78 is 25.7. The van der Waals surface area contributed by atoms with E-state index in [1.807, 2.05) is 0 Å². The maximum absolute atomic E-state index is 12.9. The molecule has 0 saturated heterocycles. The number of hydrogen-bond acceptors (Lipinski definition) is 4. The van der Waals surface area contributed by atoms with E-state index in [1.54, 1.807) is 0 Å². The lowest BCUT2D eigenvalue weighted by Crippen LogP contribution is -2.18. The zero-order valence-electron chi connectivity index (χ0n) is 6.91. The van der Waals surface area contributed by atoms with Gasteiger partial charge in [-0.25, -0.2) is 0 Å². The molecular weight excluding hydrogens is 198 g/mol. The van der Waals surface area contributed by atoms with Crippen LogP contribution in [-0.2, 0) is 5.92 Å². The van der Waals surface area contributed by atoms with E-state index in [9.17, 15) is 8.78 Å². The summed E-state index contributed by atoms with van der Waals surface area (Å²) >= 11 is 0. The number of halogens is 2. The molecule has 0 atom stereocenters. The monoisotopic (exact) mass is 206 g/mol. The minimum atomic E-state index is -3.66. The molecule has 0 fully saturated rings. The van der Waals surface area contributed by atoms with Gasteiger partial charge in [-0.2, -0.15) is 8.78 Å². The summed E-state index contributed by atoms with van der Waals surface area (Å²) in [6, 6.07) is 1.52. The highest BCUT2D eigenvalue weighted by Gasteiger charge is 2.35. The molecule has 0 saturated carbocycles. The van der Waals surface area contributed by atoms with Crippen molar-refractivity contribution in [2.24, 2.45) is 0 Å². The number of aliphatic hydroxyl groups is 1. The van der Waals surface area contributed by atoms with Gasteiger partial charge in [0.25, 0.3) is 5.92 Å². The molecule has 0 aromatic heterocycles. The van der Waals surface area contributed by atoms with Gasteiger partial charge in [0.15, 0.2) is 11.5 Å². The summed E-state index contributed by atoms with van der Waals surface area (Å²) in [6.45, 7) is -1.50. The van der Waals surface area contributed by atoms with E-state index in [1.165, 1.54) is 0 Å². The van der Waals surface area contributed by atoms with Gasteiger partial charge in [-0.1, -0.05) is 0 Å². The SMILES string of the molecule is OCC(F)(F)c1ccc(O)c(O)c1O. The molecule has 14 heavy (non-hydrogen) atoms. The third-order valence-electron chi connectivity index (χ3n) is 1.72. The van der Waals surface area contributed by atoms with Crippen LogP contribution in [-0.4, -0.2) is 27.0 Å². The number of aromatic hydroxyl groups is 3. The molecule has 0 aliphatic carbocycles. The summed E-state index contributed by atoms with van der Waals surface area (Å²) in [5.41, 5.74) is -0.935. The van der Waals surface area contributed by atoms with Crippen molar-refractivity contribution in [2.75, 3.05) is 6.61 Å². The number of benzene rings is 1. The summed E-state index contributed by atoms with van der Waals surface area (Å²) in [4.78, 5) is 0. The van der Waals surface area contributed by atoms with Crippen LogP contribution >= 0.6 is 0 Å². The zero-order valence-corrected chi connectivity index (χ0v) is 6.91. The molecule has 1 rings (SSSR count). The van der Waals surface area contributed by atoms with Gasteiger partial charge in [-0.3, -0.25) is 0 Å². The fourth-order valence-corrected chi connectivity index (χ4v) is 0.949. The summed E-state index contributed by atoms with van der Waals surface area (Å²) in [6.07, 6.45) is 0. The third-order valence-corrected chi connectivity index (χ3v) is 1.72. The Hall–Kier alpha value is -1.56. The molecule has 0 aliphatic rings. The maximum atomic E-state index is 12.9. The van der Waals surface area contributed by atoms with Gasteiger partial charge in [-0.05, 0) is 12.1 Å². The largest absolute Gasteiger partial charge is 0.504 e. The minimum Gasteiger partial charge on any atom is -0.504 e. The van der Waals surface area contributed by atoms with E-state index in [0.717, 1.165) is 12.1 Å². The maximum Gasteiger partial charge on any atom is 0.299 e. The van der Waals surface area contributed by atoms with Crippen molar-refractivity contribution < 1.29 is 29.2 Å². The first-order valence-electron chi connectivity index (χ1n) is 3.63. The van der Waals surface area contributed by atoms with E-state index in [0.29, 0.717) is 0 Å². The van der Waals surface area contributed by atoms with Crippen molar-refractivity contribution in [3.8, 4) is 17.2 Å². The second-order valence-corrected chi connectivity index (χ2v) is 2.69. The molecule has 0 bridgehead atoms. The highest BCUT2D eigenvalue weighted by atomic mass is 19.3. The Kier molecular flexibility index (Phi) is 2.48. The van der Waals surface area contributed by atoms with Crippen molar-refractivity contribution in [3.63, 3.8) is 0 Å². The van der Waals surface area contributed by atoms with E-state index in [-0.39, 0.29) is 0 Å². The molecule has 4 N–H and O–H groups in total. The molecule has 0 amide bonds. The number of aliphatic hydroxyl groups excluding tert-OH is 1. The van der Waals surface area contributed by atoms with Gasteiger partial charge in [0.1, 0.15) is 6.61 Å². The smallest absolute Gasteiger partial charge is 0.299 e. The Morgan fingerprint density at radius 3 is 2.14 bits per heavy atom. The second kappa shape index (κ2) is 3.30. The van der Waals surface area contributed by atoms with Crippen LogP contribution in [0.25, 0.3) is 0 Å². The first-order valence-corrected chi connectivity index (χ1v) is 3.63. The molecule has 0 radical (unpaired) electrons. The number of hydrogen-bond donors (Lipinski definition) is 4. The van der Waals surface area contributed by atoms with Crippen LogP contribution in [0.2, 0.25) is 0 Å². The molecular formula is C8H8F2O4. The Balaban J connectivity index is 3.31. The first kappa shape index (κ1) is 10.5. The van der Waals surface area contributed by atoms with Crippen LogP contribution in [0.3, 0.4) is 0 Å². The molecule has 0 spiro atoms. The van der Waals surface area contributed by atoms with Gasteiger partial charge in [0, 0.05) is 0 Å². The molecule has 78 valence electrons. The van der Waals surface area contributed by atoms with Crippen LogP contribution in [0.5, 0.6) is 17.2 Å². The molecule has 6 heteroatoms. The molecule has 0 aliphatic heterocycles. The first-order chi connectivity index (χ1) is 6.40. The van der Waals surface area contributed by atoms with Gasteiger partial charge < -0.3 is 20.4 Å². The molecule has 4 nitrogen and oxygen atoms in total. The topological polar surface area (TPSA) is 80.9 Å². The number of phenolic OH excluding ortho intramolecular Hbond substituents is 3. The number of phenols is 3. The van der Waals surface area contributed by atoms with E-state index >= 15 is 0 Å². The molecule has 1 aromatic rings. The molecule has 0 unspecified atom stereocenters. The van der Waals surface area contributed by atoms with Crippen molar-refractivity contribution in [1.29, 1.82) is 0 Å². The zero-order chi connectivity index (χ0) is 10.9. The predicted octanol–water partition coefficient (Wildman–Crippen LogP) is 0.887. The van der Waals surface area contributed by atoms with Gasteiger partial charge in [0.05, 0.1) is 5.56 Å². The van der Waals surface area contributed by atoms with Crippen molar-refractivity contribution >= 4 is 0 Å². The van der Waals surface area contributed by atoms with E-state index < -0.39 is 35.3 Å². The van der Waals surface area contributed by atoms with Gasteiger partial charge in [0.2, 0.25) is 5.75 Å². The standard InChI is InChI=1S/C8H8F2O4/c9-8(10,3-11)4-1-2-5(12)7(14)6(4)13/h1-2,11-14H,3H2. The van der Waals surface area contributed by atoms with Crippen LogP contribution in [0.1, 0.15) is 5.56 Å².